The van der Waals surface area contributed by atoms with Gasteiger partial charge in [-0.15, -0.1) is 0 Å². The Balaban J connectivity index is 1.97. The quantitative estimate of drug-likeness (QED) is 0.886. The summed E-state index contributed by atoms with van der Waals surface area (Å²) in [6.07, 6.45) is 2.09. The predicted molar refractivity (Wildman–Crippen MR) is 79.5 cm³/mol. The van der Waals surface area contributed by atoms with Crippen LogP contribution in [-0.4, -0.2) is 46.5 Å². The standard InChI is InChI=1S/C14H22N4S/c1-3-11-10-4-5-15-8-12(10)17-14(16-11)13-9-19-7-6-18(13)2/h13,15H,3-9H2,1-2H3. The molecule has 1 atom stereocenters. The van der Waals surface area contributed by atoms with Gasteiger partial charge in [0.05, 0.1) is 11.7 Å². The molecule has 3 rings (SSSR count). The molecule has 0 bridgehead atoms. The Hall–Kier alpha value is -0.650. The van der Waals surface area contributed by atoms with E-state index in [0.717, 1.165) is 44.1 Å². The normalized spacial score (nSPS) is 24.2. The monoisotopic (exact) mass is 278 g/mol. The van der Waals surface area contributed by atoms with Gasteiger partial charge in [-0.05, 0) is 32.0 Å². The van der Waals surface area contributed by atoms with E-state index < -0.39 is 0 Å². The summed E-state index contributed by atoms with van der Waals surface area (Å²) in [5, 5.41) is 3.42. The van der Waals surface area contributed by atoms with Gasteiger partial charge in [0.1, 0.15) is 5.82 Å². The van der Waals surface area contributed by atoms with Crippen molar-refractivity contribution in [2.45, 2.75) is 32.4 Å². The molecule has 1 N–H and O–H groups in total. The third-order valence-electron chi connectivity index (χ3n) is 4.07. The van der Waals surface area contributed by atoms with E-state index in [0.29, 0.717) is 6.04 Å². The number of thioether (sulfide) groups is 1. The molecule has 2 aliphatic heterocycles. The van der Waals surface area contributed by atoms with Crippen molar-refractivity contribution in [2.24, 2.45) is 0 Å². The summed E-state index contributed by atoms with van der Waals surface area (Å²) in [7, 11) is 2.19. The van der Waals surface area contributed by atoms with Crippen molar-refractivity contribution >= 4 is 11.8 Å². The summed E-state index contributed by atoms with van der Waals surface area (Å²) in [4.78, 5) is 12.1. The Morgan fingerprint density at radius 2 is 2.32 bits per heavy atom. The van der Waals surface area contributed by atoms with Crippen molar-refractivity contribution in [3.05, 3.63) is 22.8 Å². The zero-order chi connectivity index (χ0) is 13.2. The number of hydrogen-bond acceptors (Lipinski definition) is 5. The molecular weight excluding hydrogens is 256 g/mol. The van der Waals surface area contributed by atoms with Crippen LogP contribution < -0.4 is 5.32 Å². The van der Waals surface area contributed by atoms with Gasteiger partial charge in [-0.2, -0.15) is 11.8 Å². The first-order valence-corrected chi connectivity index (χ1v) is 8.32. The number of aromatic nitrogens is 2. The second-order valence-corrected chi connectivity index (χ2v) is 6.46. The molecule has 104 valence electrons. The van der Waals surface area contributed by atoms with Gasteiger partial charge in [-0.1, -0.05) is 6.92 Å². The highest BCUT2D eigenvalue weighted by molar-refractivity contribution is 7.99. The van der Waals surface area contributed by atoms with Crippen LogP contribution in [0.15, 0.2) is 0 Å². The van der Waals surface area contributed by atoms with Crippen molar-refractivity contribution in [1.29, 1.82) is 0 Å². The first-order chi connectivity index (χ1) is 9.29. The third kappa shape index (κ3) is 2.64. The lowest BCUT2D eigenvalue weighted by molar-refractivity contribution is 0.263. The summed E-state index contributed by atoms with van der Waals surface area (Å²) < 4.78 is 0. The maximum absolute atomic E-state index is 4.88. The fourth-order valence-electron chi connectivity index (χ4n) is 2.86. The molecule has 0 aliphatic carbocycles. The number of nitrogens with one attached hydrogen (secondary N) is 1. The first-order valence-electron chi connectivity index (χ1n) is 7.17. The molecule has 4 nitrogen and oxygen atoms in total. The van der Waals surface area contributed by atoms with E-state index in [1.165, 1.54) is 22.7 Å². The summed E-state index contributed by atoms with van der Waals surface area (Å²) >= 11 is 2.02. The Morgan fingerprint density at radius 1 is 1.42 bits per heavy atom. The van der Waals surface area contributed by atoms with E-state index in [9.17, 15) is 0 Å². The highest BCUT2D eigenvalue weighted by atomic mass is 32.2. The molecule has 0 radical (unpaired) electrons. The van der Waals surface area contributed by atoms with E-state index in [4.69, 9.17) is 9.97 Å². The topological polar surface area (TPSA) is 41.1 Å². The Bertz CT molecular complexity index is 446. The van der Waals surface area contributed by atoms with Gasteiger partial charge in [0.2, 0.25) is 0 Å². The summed E-state index contributed by atoms with van der Waals surface area (Å²) in [6.45, 7) is 5.30. The molecule has 0 saturated carbocycles. The highest BCUT2D eigenvalue weighted by Crippen LogP contribution is 2.28. The van der Waals surface area contributed by atoms with Gasteiger partial charge in [0.25, 0.3) is 0 Å². The summed E-state index contributed by atoms with van der Waals surface area (Å²) in [6, 6.07) is 0.385. The van der Waals surface area contributed by atoms with Crippen molar-refractivity contribution < 1.29 is 0 Å². The highest BCUT2D eigenvalue weighted by Gasteiger charge is 2.26. The first kappa shape index (κ1) is 13.3. The van der Waals surface area contributed by atoms with Gasteiger partial charge in [-0.25, -0.2) is 9.97 Å². The number of hydrogen-bond donors (Lipinski definition) is 1. The minimum absolute atomic E-state index is 0.385. The number of rotatable bonds is 2. The molecule has 1 aromatic heterocycles. The van der Waals surface area contributed by atoms with Crippen LogP contribution in [0, 0.1) is 0 Å². The molecule has 3 heterocycles. The fraction of sp³-hybridized carbons (Fsp3) is 0.714. The molecule has 0 amide bonds. The van der Waals surface area contributed by atoms with Crippen molar-refractivity contribution in [3.63, 3.8) is 0 Å². The van der Waals surface area contributed by atoms with Crippen LogP contribution in [0.5, 0.6) is 0 Å². The third-order valence-corrected chi connectivity index (χ3v) is 5.09. The fourth-order valence-corrected chi connectivity index (χ4v) is 4.07. The molecule has 1 fully saturated rings. The van der Waals surface area contributed by atoms with Crippen LogP contribution in [0.2, 0.25) is 0 Å². The molecule has 1 saturated heterocycles. The van der Waals surface area contributed by atoms with E-state index in [1.807, 2.05) is 11.8 Å². The molecule has 0 aromatic carbocycles. The molecule has 1 unspecified atom stereocenters. The summed E-state index contributed by atoms with van der Waals surface area (Å²) in [5.41, 5.74) is 3.90. The maximum atomic E-state index is 4.88. The van der Waals surface area contributed by atoms with Crippen LogP contribution in [0.4, 0.5) is 0 Å². The predicted octanol–water partition coefficient (Wildman–Crippen LogP) is 1.40. The average Bonchev–Trinajstić information content (AvgIpc) is 2.46. The summed E-state index contributed by atoms with van der Waals surface area (Å²) in [5.74, 6) is 3.38. The molecule has 1 aromatic rings. The van der Waals surface area contributed by atoms with Gasteiger partial charge in [0.15, 0.2) is 0 Å². The average molecular weight is 278 g/mol. The lowest BCUT2D eigenvalue weighted by atomic mass is 10.0. The van der Waals surface area contributed by atoms with Crippen molar-refractivity contribution in [3.8, 4) is 0 Å². The Kier molecular flexibility index (Phi) is 4.05. The Morgan fingerprint density at radius 3 is 3.11 bits per heavy atom. The number of fused-ring (bicyclic) bond motifs is 1. The molecule has 2 aliphatic rings. The second kappa shape index (κ2) is 5.77. The van der Waals surface area contributed by atoms with Gasteiger partial charge < -0.3 is 5.32 Å². The second-order valence-electron chi connectivity index (χ2n) is 5.31. The number of aryl methyl sites for hydroxylation is 1. The lowest BCUT2D eigenvalue weighted by Crippen LogP contribution is -2.35. The van der Waals surface area contributed by atoms with E-state index in [1.54, 1.807) is 0 Å². The van der Waals surface area contributed by atoms with E-state index in [-0.39, 0.29) is 0 Å². The van der Waals surface area contributed by atoms with E-state index in [2.05, 4.69) is 24.2 Å². The lowest BCUT2D eigenvalue weighted by Gasteiger charge is -2.32. The van der Waals surface area contributed by atoms with Gasteiger partial charge in [0, 0.05) is 30.3 Å². The van der Waals surface area contributed by atoms with Gasteiger partial charge >= 0.3 is 0 Å². The Labute approximate surface area is 119 Å². The largest absolute Gasteiger partial charge is 0.311 e. The molecule has 19 heavy (non-hydrogen) atoms. The molecule has 5 heteroatoms. The SMILES string of the molecule is CCc1nc(C2CSCCN2C)nc2c1CCNC2. The van der Waals surface area contributed by atoms with Crippen LogP contribution >= 0.6 is 11.8 Å². The van der Waals surface area contributed by atoms with Crippen LogP contribution in [0.25, 0.3) is 0 Å². The zero-order valence-electron chi connectivity index (χ0n) is 11.8. The van der Waals surface area contributed by atoms with Crippen molar-refractivity contribution in [1.82, 2.24) is 20.2 Å². The van der Waals surface area contributed by atoms with Crippen LogP contribution in [0.1, 0.15) is 35.7 Å². The molecule has 0 spiro atoms. The maximum Gasteiger partial charge on any atom is 0.146 e. The minimum Gasteiger partial charge on any atom is -0.311 e. The molecular formula is C14H22N4S. The minimum atomic E-state index is 0.385. The smallest absolute Gasteiger partial charge is 0.146 e. The van der Waals surface area contributed by atoms with Crippen LogP contribution in [0.3, 0.4) is 0 Å². The van der Waals surface area contributed by atoms with Crippen molar-refractivity contribution in [2.75, 3.05) is 31.6 Å². The van der Waals surface area contributed by atoms with E-state index >= 15 is 0 Å². The van der Waals surface area contributed by atoms with Gasteiger partial charge in [-0.3, -0.25) is 4.90 Å². The van der Waals surface area contributed by atoms with Crippen LogP contribution in [-0.2, 0) is 19.4 Å². The number of nitrogens with zero attached hydrogens (tertiary/aromatic N) is 3. The zero-order valence-corrected chi connectivity index (χ0v) is 12.6.